The maximum Gasteiger partial charge on any atom is 0.247 e. The number of nitrogens with zero attached hydrogens (tertiary/aromatic N) is 3. The first-order chi connectivity index (χ1) is 18.5. The van der Waals surface area contributed by atoms with Crippen molar-refractivity contribution in [3.8, 4) is 5.69 Å². The average molecular weight is 518 g/mol. The molecule has 4 rings (SSSR count). The van der Waals surface area contributed by atoms with Gasteiger partial charge >= 0.3 is 0 Å². The highest BCUT2D eigenvalue weighted by Crippen LogP contribution is 2.42. The molecule has 1 aliphatic heterocycles. The van der Waals surface area contributed by atoms with Crippen molar-refractivity contribution in [1.82, 2.24) is 9.47 Å². The molecule has 38 heavy (non-hydrogen) atoms. The monoisotopic (exact) mass is 517 g/mol. The number of carbonyl (C=O) groups is 2. The number of aromatic nitrogens is 1. The lowest BCUT2D eigenvalue weighted by atomic mass is 9.97. The van der Waals surface area contributed by atoms with Crippen LogP contribution in [0.3, 0.4) is 0 Å². The molecule has 1 aromatic heterocycles. The summed E-state index contributed by atoms with van der Waals surface area (Å²) in [5, 5.41) is 0. The predicted octanol–water partition coefficient (Wildman–Crippen LogP) is 7.43. The summed E-state index contributed by atoms with van der Waals surface area (Å²) >= 11 is 0. The Hall–Kier alpha value is -3.41. The largest absolute Gasteiger partial charge is 0.333 e. The third-order valence-electron chi connectivity index (χ3n) is 7.38. The van der Waals surface area contributed by atoms with Gasteiger partial charge in [0, 0.05) is 19.2 Å². The molecule has 0 fully saturated rings. The van der Waals surface area contributed by atoms with E-state index in [1.165, 1.54) is 31.4 Å². The lowest BCUT2D eigenvalue weighted by molar-refractivity contribution is -0.135. The molecule has 0 N–H and O–H groups in total. The quantitative estimate of drug-likeness (QED) is 0.221. The van der Waals surface area contributed by atoms with Gasteiger partial charge in [-0.3, -0.25) is 14.5 Å². The highest BCUT2D eigenvalue weighted by molar-refractivity contribution is 6.00. The van der Waals surface area contributed by atoms with Crippen molar-refractivity contribution >= 4 is 17.5 Å². The number of para-hydroxylation sites is 2. The number of anilines is 1. The maximum absolute atomic E-state index is 14.1. The summed E-state index contributed by atoms with van der Waals surface area (Å²) in [6, 6.07) is 17.7. The van der Waals surface area contributed by atoms with Crippen LogP contribution in [0.1, 0.15) is 88.9 Å². The third kappa shape index (κ3) is 6.35. The molecule has 1 unspecified atom stereocenters. The van der Waals surface area contributed by atoms with Gasteiger partial charge < -0.3 is 9.47 Å². The molecule has 0 bridgehead atoms. The van der Waals surface area contributed by atoms with E-state index in [4.69, 9.17) is 0 Å². The standard InChI is InChI=1S/C32H40FN3O2/c1-3-5-7-8-9-10-17-30(37)34(22-6-4-2)24-31(38)36-28-15-12-11-14-27(28)35-23-13-16-29(35)32(36)25-18-20-26(33)21-19-25/h11-16,18-21,23,32H,3-10,17,22,24H2,1-2H3. The van der Waals surface area contributed by atoms with E-state index < -0.39 is 6.04 Å². The average Bonchev–Trinajstić information content (AvgIpc) is 3.42. The van der Waals surface area contributed by atoms with Gasteiger partial charge in [0.05, 0.1) is 17.1 Å². The molecule has 0 aliphatic carbocycles. The molecule has 0 spiro atoms. The lowest BCUT2D eigenvalue weighted by Crippen LogP contribution is -2.47. The second kappa shape index (κ2) is 13.4. The van der Waals surface area contributed by atoms with Crippen molar-refractivity contribution in [2.75, 3.05) is 18.0 Å². The predicted molar refractivity (Wildman–Crippen MR) is 151 cm³/mol. The normalized spacial score (nSPS) is 14.2. The molecule has 1 aliphatic rings. The molecule has 202 valence electrons. The molecule has 1 atom stereocenters. The van der Waals surface area contributed by atoms with Crippen molar-refractivity contribution in [3.05, 3.63) is 83.9 Å². The summed E-state index contributed by atoms with van der Waals surface area (Å²) in [5.74, 6) is -0.398. The van der Waals surface area contributed by atoms with Gasteiger partial charge in [-0.15, -0.1) is 0 Å². The van der Waals surface area contributed by atoms with Crippen LogP contribution in [0.2, 0.25) is 0 Å². The summed E-state index contributed by atoms with van der Waals surface area (Å²) in [5.41, 5.74) is 3.46. The first kappa shape index (κ1) is 27.6. The summed E-state index contributed by atoms with van der Waals surface area (Å²) < 4.78 is 15.9. The molecule has 2 heterocycles. The second-order valence-corrected chi connectivity index (χ2v) is 10.2. The smallest absolute Gasteiger partial charge is 0.247 e. The Morgan fingerprint density at radius 2 is 1.50 bits per heavy atom. The zero-order valence-corrected chi connectivity index (χ0v) is 22.7. The van der Waals surface area contributed by atoms with Gasteiger partial charge in [-0.1, -0.05) is 76.6 Å². The second-order valence-electron chi connectivity index (χ2n) is 10.2. The minimum Gasteiger partial charge on any atom is -0.333 e. The zero-order valence-electron chi connectivity index (χ0n) is 22.7. The van der Waals surface area contributed by atoms with Gasteiger partial charge in [-0.25, -0.2) is 4.39 Å². The highest BCUT2D eigenvalue weighted by Gasteiger charge is 2.36. The minimum absolute atomic E-state index is 0.0292. The van der Waals surface area contributed by atoms with Crippen LogP contribution in [0, 0.1) is 5.82 Å². The van der Waals surface area contributed by atoms with E-state index in [0.717, 1.165) is 54.7 Å². The fourth-order valence-electron chi connectivity index (χ4n) is 5.32. The van der Waals surface area contributed by atoms with Crippen molar-refractivity contribution in [3.63, 3.8) is 0 Å². The molecule has 0 radical (unpaired) electrons. The lowest BCUT2D eigenvalue weighted by Gasteiger charge is -2.39. The Bertz CT molecular complexity index is 1200. The number of halogens is 1. The van der Waals surface area contributed by atoms with Crippen molar-refractivity contribution < 1.29 is 14.0 Å². The first-order valence-corrected chi connectivity index (χ1v) is 14.2. The number of hydrogen-bond acceptors (Lipinski definition) is 2. The van der Waals surface area contributed by atoms with Crippen LogP contribution in [-0.4, -0.2) is 34.4 Å². The molecule has 6 heteroatoms. The van der Waals surface area contributed by atoms with E-state index in [9.17, 15) is 14.0 Å². The fraction of sp³-hybridized carbons (Fsp3) is 0.438. The Balaban J connectivity index is 1.59. The van der Waals surface area contributed by atoms with E-state index in [1.54, 1.807) is 21.9 Å². The van der Waals surface area contributed by atoms with Crippen LogP contribution >= 0.6 is 0 Å². The van der Waals surface area contributed by atoms with Crippen LogP contribution in [0.15, 0.2) is 66.9 Å². The number of unbranched alkanes of at least 4 members (excludes halogenated alkanes) is 6. The Morgan fingerprint density at radius 1 is 0.816 bits per heavy atom. The minimum atomic E-state index is -0.422. The Kier molecular flexibility index (Phi) is 9.74. The number of carbonyl (C=O) groups excluding carboxylic acids is 2. The van der Waals surface area contributed by atoms with Crippen LogP contribution < -0.4 is 4.90 Å². The number of fused-ring (bicyclic) bond motifs is 3. The summed E-state index contributed by atoms with van der Waals surface area (Å²) in [6.45, 7) is 4.90. The van der Waals surface area contributed by atoms with Gasteiger partial charge in [0.1, 0.15) is 18.4 Å². The van der Waals surface area contributed by atoms with Crippen LogP contribution in [0.25, 0.3) is 5.69 Å². The maximum atomic E-state index is 14.1. The van der Waals surface area contributed by atoms with Crippen LogP contribution in [0.4, 0.5) is 10.1 Å². The van der Waals surface area contributed by atoms with E-state index >= 15 is 0 Å². The molecular formula is C32H40FN3O2. The van der Waals surface area contributed by atoms with Gasteiger partial charge in [0.25, 0.3) is 0 Å². The Morgan fingerprint density at radius 3 is 2.24 bits per heavy atom. The molecule has 5 nitrogen and oxygen atoms in total. The molecule has 3 aromatic rings. The van der Waals surface area contributed by atoms with E-state index in [2.05, 4.69) is 18.4 Å². The van der Waals surface area contributed by atoms with E-state index in [1.807, 2.05) is 42.6 Å². The third-order valence-corrected chi connectivity index (χ3v) is 7.38. The van der Waals surface area contributed by atoms with E-state index in [-0.39, 0.29) is 24.2 Å². The topological polar surface area (TPSA) is 45.6 Å². The SMILES string of the molecule is CCCCCCCCC(=O)N(CCCC)CC(=O)N1c2ccccc2-n2cccc2C1c1ccc(F)cc1. The van der Waals surface area contributed by atoms with Gasteiger partial charge in [-0.2, -0.15) is 0 Å². The number of amides is 2. The molecule has 2 amide bonds. The molecule has 2 aromatic carbocycles. The first-order valence-electron chi connectivity index (χ1n) is 14.2. The van der Waals surface area contributed by atoms with E-state index in [0.29, 0.717) is 13.0 Å². The van der Waals surface area contributed by atoms with Gasteiger partial charge in [0.15, 0.2) is 0 Å². The van der Waals surface area contributed by atoms with Crippen LogP contribution in [-0.2, 0) is 9.59 Å². The van der Waals surface area contributed by atoms with Crippen LogP contribution in [0.5, 0.6) is 0 Å². The summed E-state index contributed by atoms with van der Waals surface area (Å²) in [7, 11) is 0. The van der Waals surface area contributed by atoms with Gasteiger partial charge in [-0.05, 0) is 54.8 Å². The number of hydrogen-bond donors (Lipinski definition) is 0. The fourth-order valence-corrected chi connectivity index (χ4v) is 5.32. The van der Waals surface area contributed by atoms with Crippen molar-refractivity contribution in [1.29, 1.82) is 0 Å². The van der Waals surface area contributed by atoms with Crippen molar-refractivity contribution in [2.24, 2.45) is 0 Å². The Labute approximate surface area is 226 Å². The molecule has 0 saturated heterocycles. The highest BCUT2D eigenvalue weighted by atomic mass is 19.1. The van der Waals surface area contributed by atoms with Crippen molar-refractivity contribution in [2.45, 2.75) is 77.7 Å². The van der Waals surface area contributed by atoms with Gasteiger partial charge in [0.2, 0.25) is 11.8 Å². The summed E-state index contributed by atoms with van der Waals surface area (Å²) in [4.78, 5) is 30.9. The molecule has 0 saturated carbocycles. The number of rotatable bonds is 13. The number of benzene rings is 2. The zero-order chi connectivity index (χ0) is 26.9. The summed E-state index contributed by atoms with van der Waals surface area (Å²) in [6.07, 6.45) is 11.0. The molecular weight excluding hydrogens is 477 g/mol.